The summed E-state index contributed by atoms with van der Waals surface area (Å²) in [6.45, 7) is 8.35. The minimum Gasteiger partial charge on any atom is -0.311 e. The maximum Gasteiger partial charge on any atom is 0.0701 e. The summed E-state index contributed by atoms with van der Waals surface area (Å²) in [5.74, 6) is 1.69. The minimum atomic E-state index is 0.702. The lowest BCUT2D eigenvalue weighted by Crippen LogP contribution is -2.59. The van der Waals surface area contributed by atoms with Crippen LogP contribution in [0.25, 0.3) is 0 Å². The van der Waals surface area contributed by atoms with Crippen LogP contribution >= 0.6 is 27.3 Å². The van der Waals surface area contributed by atoms with Crippen LogP contribution in [-0.2, 0) is 6.42 Å². The van der Waals surface area contributed by atoms with Gasteiger partial charge in [-0.2, -0.15) is 0 Å². The first kappa shape index (κ1) is 15.0. The Hall–Kier alpha value is 0.1000. The van der Waals surface area contributed by atoms with Gasteiger partial charge in [0.1, 0.15) is 0 Å². The lowest BCUT2D eigenvalue weighted by Gasteiger charge is -2.42. The Morgan fingerprint density at radius 3 is 2.80 bits per heavy atom. The van der Waals surface area contributed by atoms with Crippen molar-refractivity contribution < 1.29 is 0 Å². The number of nitrogens with one attached hydrogen (secondary N) is 1. The molecule has 0 amide bonds. The third-order valence-corrected chi connectivity index (χ3v) is 6.41. The molecule has 0 aromatic carbocycles. The lowest BCUT2D eigenvalue weighted by molar-refractivity contribution is 0.0937. The molecular formula is C16H25BrN2S. The molecule has 4 heteroatoms. The Kier molecular flexibility index (Phi) is 4.86. The van der Waals surface area contributed by atoms with Gasteiger partial charge < -0.3 is 5.32 Å². The van der Waals surface area contributed by atoms with Crippen molar-refractivity contribution in [2.24, 2.45) is 11.8 Å². The standard InChI is InChI=1S/C16H25BrN2S/c1-11(2)15-9-18-14(12-3-4-12)10-19(15)8-7-13-5-6-16(17)20-13/h5-6,11-12,14-15,18H,3-4,7-10H2,1-2H3. The maximum absolute atomic E-state index is 3.80. The summed E-state index contributed by atoms with van der Waals surface area (Å²) in [7, 11) is 0. The quantitative estimate of drug-likeness (QED) is 0.863. The number of hydrogen-bond acceptors (Lipinski definition) is 3. The zero-order chi connectivity index (χ0) is 14.1. The fourth-order valence-electron chi connectivity index (χ4n) is 3.32. The third-order valence-electron chi connectivity index (χ3n) is 4.72. The molecule has 1 aliphatic heterocycles. The molecule has 0 radical (unpaired) electrons. The van der Waals surface area contributed by atoms with Crippen LogP contribution in [-0.4, -0.2) is 36.6 Å². The molecule has 2 atom stereocenters. The van der Waals surface area contributed by atoms with Crippen molar-refractivity contribution in [1.29, 1.82) is 0 Å². The van der Waals surface area contributed by atoms with E-state index in [1.54, 1.807) is 0 Å². The first-order valence-electron chi connectivity index (χ1n) is 7.85. The summed E-state index contributed by atoms with van der Waals surface area (Å²) in [6, 6.07) is 5.89. The summed E-state index contributed by atoms with van der Waals surface area (Å²) >= 11 is 5.44. The predicted molar refractivity (Wildman–Crippen MR) is 90.4 cm³/mol. The lowest BCUT2D eigenvalue weighted by atomic mass is 9.96. The molecule has 2 fully saturated rings. The SMILES string of the molecule is CC(C)C1CNC(C2CC2)CN1CCc1ccc(Br)s1. The van der Waals surface area contributed by atoms with Crippen molar-refractivity contribution in [3.8, 4) is 0 Å². The van der Waals surface area contributed by atoms with Crippen molar-refractivity contribution >= 4 is 27.3 Å². The molecule has 1 aromatic heterocycles. The molecule has 1 N–H and O–H groups in total. The van der Waals surface area contributed by atoms with Crippen LogP contribution in [0.3, 0.4) is 0 Å². The Bertz CT molecular complexity index is 441. The largest absolute Gasteiger partial charge is 0.311 e. The Morgan fingerprint density at radius 1 is 1.40 bits per heavy atom. The zero-order valence-corrected chi connectivity index (χ0v) is 14.8. The molecule has 112 valence electrons. The highest BCUT2D eigenvalue weighted by molar-refractivity contribution is 9.11. The molecule has 1 saturated heterocycles. The third kappa shape index (κ3) is 3.65. The fraction of sp³-hybridized carbons (Fsp3) is 0.750. The summed E-state index contributed by atoms with van der Waals surface area (Å²) in [6.07, 6.45) is 4.07. The number of nitrogens with zero attached hydrogens (tertiary/aromatic N) is 1. The second-order valence-corrected chi connectivity index (χ2v) is 9.16. The van der Waals surface area contributed by atoms with Crippen LogP contribution < -0.4 is 5.32 Å². The molecule has 1 aliphatic carbocycles. The van der Waals surface area contributed by atoms with Crippen LogP contribution in [0.1, 0.15) is 31.6 Å². The number of rotatable bonds is 5. The van der Waals surface area contributed by atoms with Gasteiger partial charge in [0, 0.05) is 36.6 Å². The van der Waals surface area contributed by atoms with E-state index in [-0.39, 0.29) is 0 Å². The minimum absolute atomic E-state index is 0.702. The molecule has 3 rings (SSSR count). The molecular weight excluding hydrogens is 332 g/mol. The topological polar surface area (TPSA) is 15.3 Å². The second-order valence-electron chi connectivity index (χ2n) is 6.61. The highest BCUT2D eigenvalue weighted by Crippen LogP contribution is 2.35. The smallest absolute Gasteiger partial charge is 0.0701 e. The van der Waals surface area contributed by atoms with Crippen molar-refractivity contribution in [3.05, 3.63) is 20.8 Å². The van der Waals surface area contributed by atoms with Gasteiger partial charge >= 0.3 is 0 Å². The molecule has 20 heavy (non-hydrogen) atoms. The van der Waals surface area contributed by atoms with E-state index in [9.17, 15) is 0 Å². The Balaban J connectivity index is 1.59. The van der Waals surface area contributed by atoms with Crippen LogP contribution in [0, 0.1) is 11.8 Å². The molecule has 1 aromatic rings. The first-order chi connectivity index (χ1) is 9.63. The summed E-state index contributed by atoms with van der Waals surface area (Å²) in [4.78, 5) is 4.25. The van der Waals surface area contributed by atoms with Gasteiger partial charge in [-0.15, -0.1) is 11.3 Å². The summed E-state index contributed by atoms with van der Waals surface area (Å²) < 4.78 is 1.25. The van der Waals surface area contributed by atoms with Gasteiger partial charge in [-0.3, -0.25) is 4.90 Å². The van der Waals surface area contributed by atoms with E-state index >= 15 is 0 Å². The van der Waals surface area contributed by atoms with E-state index in [4.69, 9.17) is 0 Å². The van der Waals surface area contributed by atoms with Gasteiger partial charge in [0.15, 0.2) is 0 Å². The number of halogens is 1. The average Bonchev–Trinajstić information content (AvgIpc) is 3.19. The second kappa shape index (κ2) is 6.47. The van der Waals surface area contributed by atoms with Crippen LogP contribution in [0.4, 0.5) is 0 Å². The first-order valence-corrected chi connectivity index (χ1v) is 9.46. The molecule has 1 saturated carbocycles. The molecule has 2 unspecified atom stereocenters. The van der Waals surface area contributed by atoms with Gasteiger partial charge in [-0.05, 0) is 59.2 Å². The molecule has 0 spiro atoms. The van der Waals surface area contributed by atoms with Crippen molar-refractivity contribution in [1.82, 2.24) is 10.2 Å². The van der Waals surface area contributed by atoms with E-state index in [1.807, 2.05) is 11.3 Å². The Morgan fingerprint density at radius 2 is 2.20 bits per heavy atom. The molecule has 0 bridgehead atoms. The molecule has 2 aliphatic rings. The van der Waals surface area contributed by atoms with E-state index in [0.29, 0.717) is 6.04 Å². The number of thiophene rings is 1. The average molecular weight is 357 g/mol. The predicted octanol–water partition coefficient (Wildman–Crippen LogP) is 3.76. The maximum atomic E-state index is 3.80. The summed E-state index contributed by atoms with van der Waals surface area (Å²) in [5, 5.41) is 3.80. The van der Waals surface area contributed by atoms with Gasteiger partial charge in [-0.1, -0.05) is 13.8 Å². The highest BCUT2D eigenvalue weighted by Gasteiger charge is 2.37. The van der Waals surface area contributed by atoms with E-state index in [1.165, 1.54) is 47.6 Å². The highest BCUT2D eigenvalue weighted by atomic mass is 79.9. The normalized spacial score (nSPS) is 28.2. The van der Waals surface area contributed by atoms with E-state index in [2.05, 4.69) is 52.1 Å². The zero-order valence-electron chi connectivity index (χ0n) is 12.4. The van der Waals surface area contributed by atoms with Crippen molar-refractivity contribution in [2.45, 2.75) is 45.2 Å². The molecule has 2 nitrogen and oxygen atoms in total. The van der Waals surface area contributed by atoms with Crippen molar-refractivity contribution in [3.63, 3.8) is 0 Å². The monoisotopic (exact) mass is 356 g/mol. The van der Waals surface area contributed by atoms with Gasteiger partial charge in [-0.25, -0.2) is 0 Å². The fourth-order valence-corrected chi connectivity index (χ4v) is 4.79. The Labute approximate surface area is 135 Å². The van der Waals surface area contributed by atoms with Gasteiger partial charge in [0.05, 0.1) is 3.79 Å². The van der Waals surface area contributed by atoms with E-state index < -0.39 is 0 Å². The number of hydrogen-bond donors (Lipinski definition) is 1. The van der Waals surface area contributed by atoms with Crippen LogP contribution in [0.2, 0.25) is 0 Å². The van der Waals surface area contributed by atoms with E-state index in [0.717, 1.165) is 17.9 Å². The van der Waals surface area contributed by atoms with Crippen molar-refractivity contribution in [2.75, 3.05) is 19.6 Å². The van der Waals surface area contributed by atoms with Gasteiger partial charge in [0.2, 0.25) is 0 Å². The molecule has 2 heterocycles. The van der Waals surface area contributed by atoms with Gasteiger partial charge in [0.25, 0.3) is 0 Å². The summed E-state index contributed by atoms with van der Waals surface area (Å²) in [5.41, 5.74) is 0. The van der Waals surface area contributed by atoms with Crippen LogP contribution in [0.5, 0.6) is 0 Å². The van der Waals surface area contributed by atoms with Crippen LogP contribution in [0.15, 0.2) is 15.9 Å². The number of piperazine rings is 1.